The number of hydrogen-bond donors (Lipinski definition) is 2. The number of rotatable bonds is 4. The smallest absolute Gasteiger partial charge is 0.307 e. The van der Waals surface area contributed by atoms with Crippen LogP contribution in [0, 0.1) is 0 Å². The number of hydrogen-bond acceptors (Lipinski definition) is 3. The highest BCUT2D eigenvalue weighted by molar-refractivity contribution is 6.04. The van der Waals surface area contributed by atoms with E-state index in [1.807, 2.05) is 0 Å². The SMILES string of the molecule is Cn1cc(C(=O)Nc2ccccc2CC(=O)O)cn1. The van der Waals surface area contributed by atoms with Gasteiger partial charge in [-0.15, -0.1) is 0 Å². The Balaban J connectivity index is 2.19. The summed E-state index contributed by atoms with van der Waals surface area (Å²) in [6.45, 7) is 0. The number of carbonyl (C=O) groups is 2. The number of carboxylic acids is 1. The Hall–Kier alpha value is -2.63. The number of carbonyl (C=O) groups excluding carboxylic acids is 1. The Bertz CT molecular complexity index is 619. The zero-order chi connectivity index (χ0) is 13.8. The van der Waals surface area contributed by atoms with Gasteiger partial charge in [-0.1, -0.05) is 18.2 Å². The lowest BCUT2D eigenvalue weighted by Crippen LogP contribution is -2.13. The van der Waals surface area contributed by atoms with Crippen LogP contribution in [0.15, 0.2) is 36.7 Å². The first-order valence-electron chi connectivity index (χ1n) is 5.66. The molecule has 6 nitrogen and oxygen atoms in total. The second-order valence-corrected chi connectivity index (χ2v) is 4.08. The van der Waals surface area contributed by atoms with Crippen LogP contribution in [0.1, 0.15) is 15.9 Å². The van der Waals surface area contributed by atoms with E-state index in [0.29, 0.717) is 16.8 Å². The van der Waals surface area contributed by atoms with Crippen molar-refractivity contribution in [1.29, 1.82) is 0 Å². The molecule has 1 heterocycles. The molecule has 0 saturated carbocycles. The van der Waals surface area contributed by atoms with Gasteiger partial charge in [0.15, 0.2) is 0 Å². The minimum absolute atomic E-state index is 0.135. The Morgan fingerprint density at radius 2 is 2.11 bits per heavy atom. The molecule has 1 amide bonds. The van der Waals surface area contributed by atoms with E-state index in [4.69, 9.17) is 5.11 Å². The van der Waals surface area contributed by atoms with Crippen molar-refractivity contribution in [3.63, 3.8) is 0 Å². The first-order chi connectivity index (χ1) is 9.06. The number of benzene rings is 1. The van der Waals surface area contributed by atoms with Gasteiger partial charge in [0.05, 0.1) is 18.2 Å². The van der Waals surface area contributed by atoms with Crippen molar-refractivity contribution >= 4 is 17.6 Å². The number of aryl methyl sites for hydroxylation is 1. The van der Waals surface area contributed by atoms with Crippen molar-refractivity contribution in [1.82, 2.24) is 9.78 Å². The van der Waals surface area contributed by atoms with E-state index in [1.165, 1.54) is 10.9 Å². The van der Waals surface area contributed by atoms with Crippen LogP contribution in [0.3, 0.4) is 0 Å². The number of aliphatic carboxylic acids is 1. The van der Waals surface area contributed by atoms with Crippen molar-refractivity contribution in [3.8, 4) is 0 Å². The van der Waals surface area contributed by atoms with Crippen LogP contribution in [0.2, 0.25) is 0 Å². The van der Waals surface area contributed by atoms with E-state index >= 15 is 0 Å². The number of para-hydroxylation sites is 1. The average Bonchev–Trinajstić information content (AvgIpc) is 2.78. The van der Waals surface area contributed by atoms with E-state index in [9.17, 15) is 9.59 Å². The predicted molar refractivity (Wildman–Crippen MR) is 68.9 cm³/mol. The summed E-state index contributed by atoms with van der Waals surface area (Å²) in [5.74, 6) is -1.26. The molecule has 0 aliphatic rings. The molecule has 0 unspecified atom stereocenters. The van der Waals surface area contributed by atoms with Crippen LogP contribution in [0.5, 0.6) is 0 Å². The van der Waals surface area contributed by atoms with Crippen LogP contribution >= 0.6 is 0 Å². The Kier molecular flexibility index (Phi) is 3.61. The normalized spacial score (nSPS) is 10.2. The van der Waals surface area contributed by atoms with Gasteiger partial charge in [-0.2, -0.15) is 5.10 Å². The molecule has 2 rings (SSSR count). The first kappa shape index (κ1) is 12.8. The molecule has 0 bridgehead atoms. The Morgan fingerprint density at radius 1 is 1.37 bits per heavy atom. The second-order valence-electron chi connectivity index (χ2n) is 4.08. The maximum Gasteiger partial charge on any atom is 0.307 e. The van der Waals surface area contributed by atoms with E-state index in [0.717, 1.165) is 0 Å². The van der Waals surface area contributed by atoms with Gasteiger partial charge < -0.3 is 10.4 Å². The Labute approximate surface area is 109 Å². The molecule has 0 radical (unpaired) electrons. The summed E-state index contributed by atoms with van der Waals surface area (Å²) < 4.78 is 1.53. The van der Waals surface area contributed by atoms with E-state index in [2.05, 4.69) is 10.4 Å². The Morgan fingerprint density at radius 3 is 2.74 bits per heavy atom. The van der Waals surface area contributed by atoms with Gasteiger partial charge in [-0.25, -0.2) is 0 Å². The molecule has 0 atom stereocenters. The minimum Gasteiger partial charge on any atom is -0.481 e. The topological polar surface area (TPSA) is 84.2 Å². The van der Waals surface area contributed by atoms with E-state index < -0.39 is 5.97 Å². The summed E-state index contributed by atoms with van der Waals surface area (Å²) in [6, 6.07) is 6.82. The third kappa shape index (κ3) is 3.19. The third-order valence-electron chi connectivity index (χ3n) is 2.57. The fourth-order valence-electron chi connectivity index (χ4n) is 1.69. The number of carboxylic acid groups (broad SMARTS) is 1. The molecule has 19 heavy (non-hydrogen) atoms. The molecular formula is C13H13N3O3. The average molecular weight is 259 g/mol. The first-order valence-corrected chi connectivity index (χ1v) is 5.66. The molecule has 0 saturated heterocycles. The van der Waals surface area contributed by atoms with Gasteiger partial charge in [0, 0.05) is 18.9 Å². The van der Waals surface area contributed by atoms with Crippen LogP contribution in [-0.4, -0.2) is 26.8 Å². The predicted octanol–water partition coefficient (Wildman–Crippen LogP) is 1.30. The van der Waals surface area contributed by atoms with Gasteiger partial charge in [0.25, 0.3) is 5.91 Å². The van der Waals surface area contributed by atoms with Gasteiger partial charge in [0.1, 0.15) is 0 Å². The lowest BCUT2D eigenvalue weighted by molar-refractivity contribution is -0.136. The zero-order valence-corrected chi connectivity index (χ0v) is 10.3. The second kappa shape index (κ2) is 5.34. The van der Waals surface area contributed by atoms with Gasteiger partial charge in [-0.3, -0.25) is 14.3 Å². The van der Waals surface area contributed by atoms with Gasteiger partial charge >= 0.3 is 5.97 Å². The molecule has 6 heteroatoms. The maximum absolute atomic E-state index is 12.0. The van der Waals surface area contributed by atoms with Crippen LogP contribution in [0.4, 0.5) is 5.69 Å². The minimum atomic E-state index is -0.942. The summed E-state index contributed by atoms with van der Waals surface area (Å²) >= 11 is 0. The number of amides is 1. The highest BCUT2D eigenvalue weighted by atomic mass is 16.4. The van der Waals surface area contributed by atoms with Crippen LogP contribution in [-0.2, 0) is 18.3 Å². The number of nitrogens with one attached hydrogen (secondary N) is 1. The van der Waals surface area contributed by atoms with E-state index in [-0.39, 0.29) is 12.3 Å². The summed E-state index contributed by atoms with van der Waals surface area (Å²) in [5, 5.41) is 15.4. The molecule has 0 fully saturated rings. The molecule has 0 aliphatic carbocycles. The third-order valence-corrected chi connectivity index (χ3v) is 2.57. The summed E-state index contributed by atoms with van der Waals surface area (Å²) in [6.07, 6.45) is 2.91. The lowest BCUT2D eigenvalue weighted by Gasteiger charge is -2.08. The van der Waals surface area contributed by atoms with Crippen molar-refractivity contribution in [2.75, 3.05) is 5.32 Å². The largest absolute Gasteiger partial charge is 0.481 e. The van der Waals surface area contributed by atoms with Crippen molar-refractivity contribution < 1.29 is 14.7 Å². The fraction of sp³-hybridized carbons (Fsp3) is 0.154. The van der Waals surface area contributed by atoms with Crippen molar-refractivity contribution in [2.45, 2.75) is 6.42 Å². The standard InChI is InChI=1S/C13H13N3O3/c1-16-8-10(7-14-16)13(19)15-11-5-3-2-4-9(11)6-12(17)18/h2-5,7-8H,6H2,1H3,(H,15,19)(H,17,18). The molecule has 0 spiro atoms. The molecule has 0 aliphatic heterocycles. The monoisotopic (exact) mass is 259 g/mol. The zero-order valence-electron chi connectivity index (χ0n) is 10.3. The number of aromatic nitrogens is 2. The van der Waals surface area contributed by atoms with Crippen LogP contribution < -0.4 is 5.32 Å². The molecule has 1 aromatic heterocycles. The van der Waals surface area contributed by atoms with Crippen LogP contribution in [0.25, 0.3) is 0 Å². The van der Waals surface area contributed by atoms with Gasteiger partial charge in [-0.05, 0) is 11.6 Å². The highest BCUT2D eigenvalue weighted by Gasteiger charge is 2.11. The quantitative estimate of drug-likeness (QED) is 0.866. The number of anilines is 1. The summed E-state index contributed by atoms with van der Waals surface area (Å²) in [5.41, 5.74) is 1.48. The number of nitrogens with zero attached hydrogens (tertiary/aromatic N) is 2. The maximum atomic E-state index is 12.0. The molecule has 2 N–H and O–H groups in total. The molecule has 1 aromatic carbocycles. The fourth-order valence-corrected chi connectivity index (χ4v) is 1.69. The highest BCUT2D eigenvalue weighted by Crippen LogP contribution is 2.16. The molecular weight excluding hydrogens is 246 g/mol. The van der Waals surface area contributed by atoms with Crippen molar-refractivity contribution in [2.24, 2.45) is 7.05 Å². The van der Waals surface area contributed by atoms with Crippen molar-refractivity contribution in [3.05, 3.63) is 47.8 Å². The molecule has 98 valence electrons. The van der Waals surface area contributed by atoms with E-state index in [1.54, 1.807) is 37.5 Å². The molecule has 2 aromatic rings. The summed E-state index contributed by atoms with van der Waals surface area (Å²) in [7, 11) is 1.72. The summed E-state index contributed by atoms with van der Waals surface area (Å²) in [4.78, 5) is 22.7. The van der Waals surface area contributed by atoms with Gasteiger partial charge in [0.2, 0.25) is 0 Å². The lowest BCUT2D eigenvalue weighted by atomic mass is 10.1.